The number of nitrogens with one attached hydrogen (secondary N) is 1. The summed E-state index contributed by atoms with van der Waals surface area (Å²) in [6.07, 6.45) is 0. The van der Waals surface area contributed by atoms with Crippen LogP contribution in [-0.4, -0.2) is 32.9 Å². The number of aromatic nitrogens is 3. The number of nitrogens with zero attached hydrogens (tertiary/aromatic N) is 3. The highest BCUT2D eigenvalue weighted by Gasteiger charge is 2.13. The van der Waals surface area contributed by atoms with Gasteiger partial charge in [0.25, 0.3) is 0 Å². The molecular weight excluding hydrogens is 216 g/mol. The van der Waals surface area contributed by atoms with E-state index in [-0.39, 0.29) is 12.6 Å². The van der Waals surface area contributed by atoms with Crippen molar-refractivity contribution in [3.8, 4) is 0 Å². The summed E-state index contributed by atoms with van der Waals surface area (Å²) in [5.41, 5.74) is 1.56. The molecule has 0 aliphatic heterocycles. The monoisotopic (exact) mass is 232 g/mol. The maximum atomic E-state index is 9.23. The van der Waals surface area contributed by atoms with Gasteiger partial charge in [0.15, 0.2) is 0 Å². The van der Waals surface area contributed by atoms with E-state index in [0.717, 1.165) is 11.0 Å². The molecule has 1 heterocycles. The molecule has 2 N–H and O–H groups in total. The van der Waals surface area contributed by atoms with Crippen LogP contribution in [0.25, 0.3) is 11.0 Å². The van der Waals surface area contributed by atoms with Crippen LogP contribution < -0.4 is 5.32 Å². The summed E-state index contributed by atoms with van der Waals surface area (Å²) in [5.74, 6) is 0.756. The van der Waals surface area contributed by atoms with Crippen molar-refractivity contribution >= 4 is 17.0 Å². The Labute approximate surface area is 99.9 Å². The SMILES string of the molecule is CC(C)C(CO)Nc1nnc2ccccc2n1. The van der Waals surface area contributed by atoms with Crippen LogP contribution in [0.1, 0.15) is 13.8 Å². The van der Waals surface area contributed by atoms with E-state index in [2.05, 4.69) is 20.5 Å². The number of rotatable bonds is 4. The molecule has 0 spiro atoms. The minimum Gasteiger partial charge on any atom is -0.394 e. The molecule has 0 aliphatic carbocycles. The lowest BCUT2D eigenvalue weighted by Crippen LogP contribution is -2.30. The van der Waals surface area contributed by atoms with Gasteiger partial charge in [-0.3, -0.25) is 0 Å². The summed E-state index contributed by atoms with van der Waals surface area (Å²) in [4.78, 5) is 4.35. The molecule has 0 saturated heterocycles. The van der Waals surface area contributed by atoms with Crippen molar-refractivity contribution in [2.75, 3.05) is 11.9 Å². The summed E-state index contributed by atoms with van der Waals surface area (Å²) in [6.45, 7) is 4.11. The number of para-hydroxylation sites is 1. The summed E-state index contributed by atoms with van der Waals surface area (Å²) >= 11 is 0. The molecule has 0 fully saturated rings. The maximum Gasteiger partial charge on any atom is 0.243 e. The minimum absolute atomic E-state index is 0.0495. The second kappa shape index (κ2) is 5.05. The second-order valence-electron chi connectivity index (χ2n) is 4.30. The molecule has 90 valence electrons. The summed E-state index contributed by atoms with van der Waals surface area (Å²) in [7, 11) is 0. The van der Waals surface area contributed by atoms with Gasteiger partial charge >= 0.3 is 0 Å². The summed E-state index contributed by atoms with van der Waals surface area (Å²) < 4.78 is 0. The molecular formula is C12H16N4O. The van der Waals surface area contributed by atoms with Gasteiger partial charge in [0.1, 0.15) is 5.52 Å². The first-order chi connectivity index (χ1) is 8.20. The van der Waals surface area contributed by atoms with E-state index in [9.17, 15) is 5.11 Å². The molecule has 0 amide bonds. The van der Waals surface area contributed by atoms with E-state index < -0.39 is 0 Å². The van der Waals surface area contributed by atoms with Crippen molar-refractivity contribution in [2.45, 2.75) is 19.9 Å². The van der Waals surface area contributed by atoms with Crippen LogP contribution >= 0.6 is 0 Å². The predicted octanol–water partition coefficient (Wildman–Crippen LogP) is 1.45. The average Bonchev–Trinajstić information content (AvgIpc) is 2.35. The Hall–Kier alpha value is -1.75. The lowest BCUT2D eigenvalue weighted by Gasteiger charge is -2.19. The van der Waals surface area contributed by atoms with Gasteiger partial charge < -0.3 is 10.4 Å². The highest BCUT2D eigenvalue weighted by molar-refractivity contribution is 5.74. The fraction of sp³-hybridized carbons (Fsp3) is 0.417. The van der Waals surface area contributed by atoms with Crippen LogP contribution in [-0.2, 0) is 0 Å². The Balaban J connectivity index is 2.24. The maximum absolute atomic E-state index is 9.23. The molecule has 1 aromatic carbocycles. The molecule has 17 heavy (non-hydrogen) atoms. The Morgan fingerprint density at radius 1 is 1.18 bits per heavy atom. The largest absolute Gasteiger partial charge is 0.394 e. The van der Waals surface area contributed by atoms with Crippen LogP contribution in [0.3, 0.4) is 0 Å². The molecule has 0 saturated carbocycles. The van der Waals surface area contributed by atoms with Gasteiger partial charge in [0.2, 0.25) is 5.95 Å². The van der Waals surface area contributed by atoms with Crippen molar-refractivity contribution in [1.82, 2.24) is 15.2 Å². The Bertz CT molecular complexity index is 501. The minimum atomic E-state index is -0.0574. The third-order valence-corrected chi connectivity index (χ3v) is 2.68. The third-order valence-electron chi connectivity index (χ3n) is 2.68. The predicted molar refractivity (Wildman–Crippen MR) is 66.7 cm³/mol. The van der Waals surface area contributed by atoms with Crippen LogP contribution in [0, 0.1) is 5.92 Å². The number of aliphatic hydroxyl groups excluding tert-OH is 1. The zero-order valence-corrected chi connectivity index (χ0v) is 9.96. The molecule has 0 bridgehead atoms. The molecule has 5 nitrogen and oxygen atoms in total. The molecule has 0 aliphatic rings. The molecule has 2 aromatic rings. The van der Waals surface area contributed by atoms with Crippen molar-refractivity contribution < 1.29 is 5.11 Å². The molecule has 5 heteroatoms. The summed E-state index contributed by atoms with van der Waals surface area (Å²) in [5, 5.41) is 20.4. The fourth-order valence-electron chi connectivity index (χ4n) is 1.53. The standard InChI is InChI=1S/C12H16N4O/c1-8(2)11(7-17)14-12-13-9-5-3-4-6-10(9)15-16-12/h3-6,8,11,17H,7H2,1-2H3,(H,13,14,16). The van der Waals surface area contributed by atoms with Gasteiger partial charge in [-0.15, -0.1) is 10.2 Å². The zero-order chi connectivity index (χ0) is 12.3. The topological polar surface area (TPSA) is 70.9 Å². The third kappa shape index (κ3) is 2.68. The highest BCUT2D eigenvalue weighted by Crippen LogP contribution is 2.11. The van der Waals surface area contributed by atoms with Crippen molar-refractivity contribution in [3.05, 3.63) is 24.3 Å². The van der Waals surface area contributed by atoms with Crippen LogP contribution in [0.2, 0.25) is 0 Å². The van der Waals surface area contributed by atoms with Gasteiger partial charge in [-0.2, -0.15) is 0 Å². The lowest BCUT2D eigenvalue weighted by molar-refractivity contribution is 0.248. The number of hydrogen-bond donors (Lipinski definition) is 2. The number of benzene rings is 1. The Morgan fingerprint density at radius 3 is 2.53 bits per heavy atom. The van der Waals surface area contributed by atoms with E-state index in [0.29, 0.717) is 11.9 Å². The second-order valence-corrected chi connectivity index (χ2v) is 4.30. The van der Waals surface area contributed by atoms with E-state index in [1.165, 1.54) is 0 Å². The average molecular weight is 232 g/mol. The van der Waals surface area contributed by atoms with Gasteiger partial charge in [-0.25, -0.2) is 4.98 Å². The van der Waals surface area contributed by atoms with Crippen molar-refractivity contribution in [3.63, 3.8) is 0 Å². The Kier molecular flexibility index (Phi) is 3.49. The van der Waals surface area contributed by atoms with Crippen LogP contribution in [0.5, 0.6) is 0 Å². The lowest BCUT2D eigenvalue weighted by atomic mass is 10.1. The van der Waals surface area contributed by atoms with Crippen LogP contribution in [0.4, 0.5) is 5.95 Å². The van der Waals surface area contributed by atoms with E-state index in [4.69, 9.17) is 0 Å². The molecule has 0 radical (unpaired) electrons. The first-order valence-corrected chi connectivity index (χ1v) is 5.67. The van der Waals surface area contributed by atoms with Crippen molar-refractivity contribution in [1.29, 1.82) is 0 Å². The van der Waals surface area contributed by atoms with Crippen molar-refractivity contribution in [2.24, 2.45) is 5.92 Å². The Morgan fingerprint density at radius 2 is 1.88 bits per heavy atom. The first-order valence-electron chi connectivity index (χ1n) is 5.67. The van der Waals surface area contributed by atoms with Gasteiger partial charge in [-0.05, 0) is 18.1 Å². The molecule has 1 aromatic heterocycles. The van der Waals surface area contributed by atoms with Crippen LogP contribution in [0.15, 0.2) is 24.3 Å². The zero-order valence-electron chi connectivity index (χ0n) is 9.96. The van der Waals surface area contributed by atoms with Gasteiger partial charge in [-0.1, -0.05) is 26.0 Å². The quantitative estimate of drug-likeness (QED) is 0.835. The summed E-state index contributed by atoms with van der Waals surface area (Å²) in [6, 6.07) is 7.50. The number of hydrogen-bond acceptors (Lipinski definition) is 5. The molecule has 1 unspecified atom stereocenters. The number of anilines is 1. The normalized spacial score (nSPS) is 12.9. The van der Waals surface area contributed by atoms with E-state index in [1.807, 2.05) is 38.1 Å². The van der Waals surface area contributed by atoms with Gasteiger partial charge in [0, 0.05) is 0 Å². The number of aliphatic hydroxyl groups is 1. The smallest absolute Gasteiger partial charge is 0.243 e. The first kappa shape index (κ1) is 11.7. The van der Waals surface area contributed by atoms with Gasteiger partial charge in [0.05, 0.1) is 18.2 Å². The highest BCUT2D eigenvalue weighted by atomic mass is 16.3. The fourth-order valence-corrected chi connectivity index (χ4v) is 1.53. The van der Waals surface area contributed by atoms with E-state index >= 15 is 0 Å². The van der Waals surface area contributed by atoms with E-state index in [1.54, 1.807) is 0 Å². The number of fused-ring (bicyclic) bond motifs is 1. The molecule has 1 atom stereocenters. The molecule has 2 rings (SSSR count).